The predicted octanol–water partition coefficient (Wildman–Crippen LogP) is 5.46. The standard InChI is InChI=1S/C14H14O2.C10H10O2/c1-15-12-8-9-14(16-2)13(10-12)11-6-4-3-5-7-11;1-7(11)9-3-5-10(6-4-9)8(2)12/h3-10H,1-2H3;3-6H,1-2H3. The van der Waals surface area contributed by atoms with Crippen molar-refractivity contribution in [2.24, 2.45) is 0 Å². The SMILES string of the molecule is CC(=O)c1ccc(C(C)=O)cc1.COc1ccc(OC)c(-c2ccccc2)c1. The van der Waals surface area contributed by atoms with Crippen molar-refractivity contribution >= 4 is 11.6 Å². The summed E-state index contributed by atoms with van der Waals surface area (Å²) >= 11 is 0. The zero-order chi connectivity index (χ0) is 20.5. The molecule has 0 N–H and O–H groups in total. The molecule has 0 heterocycles. The van der Waals surface area contributed by atoms with Crippen LogP contribution in [0.25, 0.3) is 11.1 Å². The number of ether oxygens (including phenoxy) is 2. The lowest BCUT2D eigenvalue weighted by atomic mass is 10.0. The summed E-state index contributed by atoms with van der Waals surface area (Å²) in [5.41, 5.74) is 3.45. The minimum Gasteiger partial charge on any atom is -0.497 e. The fourth-order valence-electron chi connectivity index (χ4n) is 2.60. The van der Waals surface area contributed by atoms with Crippen LogP contribution >= 0.6 is 0 Å². The predicted molar refractivity (Wildman–Crippen MR) is 111 cm³/mol. The summed E-state index contributed by atoms with van der Waals surface area (Å²) < 4.78 is 10.6. The van der Waals surface area contributed by atoms with E-state index in [0.717, 1.165) is 22.6 Å². The Hall–Kier alpha value is -3.40. The average Bonchev–Trinajstić information content (AvgIpc) is 2.74. The van der Waals surface area contributed by atoms with Crippen LogP contribution in [-0.4, -0.2) is 25.8 Å². The molecule has 0 spiro atoms. The third-order valence-corrected chi connectivity index (χ3v) is 4.19. The summed E-state index contributed by atoms with van der Waals surface area (Å²) in [5.74, 6) is 1.72. The average molecular weight is 376 g/mol. The molecule has 0 aromatic heterocycles. The number of carbonyl (C=O) groups is 2. The highest BCUT2D eigenvalue weighted by atomic mass is 16.5. The number of hydrogen-bond acceptors (Lipinski definition) is 4. The molecule has 3 rings (SSSR count). The van der Waals surface area contributed by atoms with Gasteiger partial charge >= 0.3 is 0 Å². The molecular weight excluding hydrogens is 352 g/mol. The molecule has 0 aliphatic rings. The number of benzene rings is 3. The van der Waals surface area contributed by atoms with E-state index in [1.807, 2.05) is 36.4 Å². The van der Waals surface area contributed by atoms with Gasteiger partial charge in [-0.3, -0.25) is 9.59 Å². The highest BCUT2D eigenvalue weighted by molar-refractivity contribution is 5.97. The lowest BCUT2D eigenvalue weighted by Crippen LogP contribution is -1.95. The van der Waals surface area contributed by atoms with E-state index in [1.165, 1.54) is 13.8 Å². The van der Waals surface area contributed by atoms with Gasteiger partial charge < -0.3 is 9.47 Å². The van der Waals surface area contributed by atoms with Crippen molar-refractivity contribution < 1.29 is 19.1 Å². The molecule has 0 unspecified atom stereocenters. The maximum absolute atomic E-state index is 10.8. The van der Waals surface area contributed by atoms with Crippen LogP contribution in [0.15, 0.2) is 72.8 Å². The van der Waals surface area contributed by atoms with Gasteiger partial charge in [0.05, 0.1) is 14.2 Å². The van der Waals surface area contributed by atoms with Gasteiger partial charge in [-0.2, -0.15) is 0 Å². The summed E-state index contributed by atoms with van der Waals surface area (Å²) in [5, 5.41) is 0. The quantitative estimate of drug-likeness (QED) is 0.555. The van der Waals surface area contributed by atoms with Gasteiger partial charge in [-0.15, -0.1) is 0 Å². The van der Waals surface area contributed by atoms with Crippen LogP contribution < -0.4 is 9.47 Å². The smallest absolute Gasteiger partial charge is 0.159 e. The number of Topliss-reactive ketones (excluding diaryl/α,β-unsaturated/α-hetero) is 2. The fourth-order valence-corrected chi connectivity index (χ4v) is 2.60. The van der Waals surface area contributed by atoms with Gasteiger partial charge in [0.1, 0.15) is 11.5 Å². The third kappa shape index (κ3) is 5.55. The number of hydrogen-bond donors (Lipinski definition) is 0. The molecular formula is C24H24O4. The molecule has 0 aliphatic carbocycles. The number of carbonyl (C=O) groups excluding carboxylic acids is 2. The van der Waals surface area contributed by atoms with Gasteiger partial charge in [-0.05, 0) is 37.6 Å². The van der Waals surface area contributed by atoms with E-state index in [1.54, 1.807) is 38.5 Å². The molecule has 0 amide bonds. The minimum atomic E-state index is 0.0186. The monoisotopic (exact) mass is 376 g/mol. The second-order valence-corrected chi connectivity index (χ2v) is 6.12. The molecule has 3 aromatic carbocycles. The van der Waals surface area contributed by atoms with Crippen LogP contribution in [-0.2, 0) is 0 Å². The summed E-state index contributed by atoms with van der Waals surface area (Å²) in [6.07, 6.45) is 0. The first kappa shape index (κ1) is 20.9. The molecule has 28 heavy (non-hydrogen) atoms. The first-order valence-electron chi connectivity index (χ1n) is 8.85. The Balaban J connectivity index is 0.000000209. The molecule has 0 radical (unpaired) electrons. The Morgan fingerprint density at radius 2 is 1.21 bits per heavy atom. The van der Waals surface area contributed by atoms with Crippen LogP contribution in [0.2, 0.25) is 0 Å². The Kier molecular flexibility index (Phi) is 7.52. The highest BCUT2D eigenvalue weighted by Gasteiger charge is 2.06. The molecule has 4 nitrogen and oxygen atoms in total. The minimum absolute atomic E-state index is 0.0186. The van der Waals surface area contributed by atoms with E-state index in [9.17, 15) is 9.59 Å². The van der Waals surface area contributed by atoms with E-state index in [2.05, 4.69) is 12.1 Å². The molecule has 4 heteroatoms. The van der Waals surface area contributed by atoms with Crippen molar-refractivity contribution in [2.45, 2.75) is 13.8 Å². The molecule has 0 aliphatic heterocycles. The Morgan fingerprint density at radius 1 is 0.679 bits per heavy atom. The van der Waals surface area contributed by atoms with Gasteiger partial charge in [0.15, 0.2) is 11.6 Å². The normalized spacial score (nSPS) is 9.71. The van der Waals surface area contributed by atoms with E-state index in [-0.39, 0.29) is 11.6 Å². The van der Waals surface area contributed by atoms with Gasteiger partial charge in [0.2, 0.25) is 0 Å². The fraction of sp³-hybridized carbons (Fsp3) is 0.167. The Labute approximate surface area is 165 Å². The highest BCUT2D eigenvalue weighted by Crippen LogP contribution is 2.32. The number of rotatable bonds is 5. The molecule has 0 fully saturated rings. The van der Waals surface area contributed by atoms with Gasteiger partial charge in [-0.1, -0.05) is 54.6 Å². The zero-order valence-electron chi connectivity index (χ0n) is 16.6. The van der Waals surface area contributed by atoms with Crippen molar-refractivity contribution in [2.75, 3.05) is 14.2 Å². The molecule has 0 saturated carbocycles. The molecule has 0 saturated heterocycles. The van der Waals surface area contributed by atoms with Crippen LogP contribution in [0, 0.1) is 0 Å². The largest absolute Gasteiger partial charge is 0.497 e. The third-order valence-electron chi connectivity index (χ3n) is 4.19. The van der Waals surface area contributed by atoms with Crippen LogP contribution in [0.4, 0.5) is 0 Å². The van der Waals surface area contributed by atoms with Crippen molar-refractivity contribution in [1.29, 1.82) is 0 Å². The van der Waals surface area contributed by atoms with Crippen molar-refractivity contribution in [3.8, 4) is 22.6 Å². The van der Waals surface area contributed by atoms with Gasteiger partial charge in [0, 0.05) is 16.7 Å². The van der Waals surface area contributed by atoms with E-state index < -0.39 is 0 Å². The summed E-state index contributed by atoms with van der Waals surface area (Å²) in [6, 6.07) is 22.6. The number of methoxy groups -OCH3 is 2. The molecule has 144 valence electrons. The second kappa shape index (κ2) is 10.1. The molecule has 3 aromatic rings. The Bertz CT molecular complexity index is 896. The lowest BCUT2D eigenvalue weighted by Gasteiger charge is -2.10. The summed E-state index contributed by atoms with van der Waals surface area (Å²) in [4.78, 5) is 21.7. The van der Waals surface area contributed by atoms with E-state index in [4.69, 9.17) is 9.47 Å². The number of ketones is 2. The van der Waals surface area contributed by atoms with Crippen LogP contribution in [0.1, 0.15) is 34.6 Å². The van der Waals surface area contributed by atoms with Gasteiger partial charge in [0.25, 0.3) is 0 Å². The molecule has 0 bridgehead atoms. The first-order valence-corrected chi connectivity index (χ1v) is 8.85. The van der Waals surface area contributed by atoms with Crippen LogP contribution in [0.5, 0.6) is 11.5 Å². The Morgan fingerprint density at radius 3 is 1.64 bits per heavy atom. The van der Waals surface area contributed by atoms with Crippen LogP contribution in [0.3, 0.4) is 0 Å². The summed E-state index contributed by atoms with van der Waals surface area (Å²) in [7, 11) is 3.34. The maximum atomic E-state index is 10.8. The molecule has 0 atom stereocenters. The maximum Gasteiger partial charge on any atom is 0.159 e. The van der Waals surface area contributed by atoms with Gasteiger partial charge in [-0.25, -0.2) is 0 Å². The van der Waals surface area contributed by atoms with E-state index in [0.29, 0.717) is 11.1 Å². The first-order chi connectivity index (χ1) is 13.5. The van der Waals surface area contributed by atoms with Crippen molar-refractivity contribution in [1.82, 2.24) is 0 Å². The topological polar surface area (TPSA) is 52.6 Å². The zero-order valence-corrected chi connectivity index (χ0v) is 16.6. The second-order valence-electron chi connectivity index (χ2n) is 6.12. The van der Waals surface area contributed by atoms with E-state index >= 15 is 0 Å². The van der Waals surface area contributed by atoms with Crippen molar-refractivity contribution in [3.63, 3.8) is 0 Å². The lowest BCUT2D eigenvalue weighted by molar-refractivity contribution is 0.100. The van der Waals surface area contributed by atoms with Crippen molar-refractivity contribution in [3.05, 3.63) is 83.9 Å². The summed E-state index contributed by atoms with van der Waals surface area (Å²) in [6.45, 7) is 3.01.